The van der Waals surface area contributed by atoms with Crippen molar-refractivity contribution in [1.82, 2.24) is 5.32 Å². The van der Waals surface area contributed by atoms with Gasteiger partial charge >= 0.3 is 0 Å². The Bertz CT molecular complexity index is 626. The summed E-state index contributed by atoms with van der Waals surface area (Å²) >= 11 is 0. The van der Waals surface area contributed by atoms with Crippen molar-refractivity contribution in [2.45, 2.75) is 25.5 Å². The molecule has 2 aromatic rings. The van der Waals surface area contributed by atoms with Crippen LogP contribution >= 0.6 is 0 Å². The van der Waals surface area contributed by atoms with Gasteiger partial charge < -0.3 is 10.4 Å². The molecule has 2 nitrogen and oxygen atoms in total. The fraction of sp³-hybridized carbons (Fsp3) is 0.294. The molecule has 0 bridgehead atoms. The molecule has 0 amide bonds. The molecule has 2 N–H and O–H groups in total. The standard InChI is InChI=1S/C17H18FNO/c1-11-10-13(6-7-15(11)18)17(20)16-14-5-3-2-4-12(14)8-9-19-16/h2-7,10,16-17,19-20H,8-9H2,1H3. The zero-order valence-electron chi connectivity index (χ0n) is 11.4. The fourth-order valence-electron chi connectivity index (χ4n) is 2.86. The highest BCUT2D eigenvalue weighted by molar-refractivity contribution is 5.36. The zero-order valence-corrected chi connectivity index (χ0v) is 11.4. The summed E-state index contributed by atoms with van der Waals surface area (Å²) in [5.41, 5.74) is 3.71. The topological polar surface area (TPSA) is 32.3 Å². The molecule has 2 unspecified atom stereocenters. The van der Waals surface area contributed by atoms with Gasteiger partial charge in [-0.15, -0.1) is 0 Å². The van der Waals surface area contributed by atoms with Crippen LogP contribution in [-0.2, 0) is 6.42 Å². The van der Waals surface area contributed by atoms with Gasteiger partial charge in [0.25, 0.3) is 0 Å². The first-order valence-corrected chi connectivity index (χ1v) is 6.92. The molecule has 0 spiro atoms. The molecule has 2 aromatic carbocycles. The molecule has 20 heavy (non-hydrogen) atoms. The average Bonchev–Trinajstić information content (AvgIpc) is 2.49. The first kappa shape index (κ1) is 13.3. The van der Waals surface area contributed by atoms with Gasteiger partial charge in [0.1, 0.15) is 5.82 Å². The molecule has 1 aliphatic heterocycles. The van der Waals surface area contributed by atoms with Gasteiger partial charge in [-0.05, 0) is 48.2 Å². The lowest BCUT2D eigenvalue weighted by atomic mass is 9.88. The molecular formula is C17H18FNO. The molecule has 0 saturated carbocycles. The number of fused-ring (bicyclic) bond motifs is 1. The predicted octanol–water partition coefficient (Wildman–Crippen LogP) is 3.05. The third kappa shape index (κ3) is 2.35. The van der Waals surface area contributed by atoms with Gasteiger partial charge in [-0.25, -0.2) is 4.39 Å². The summed E-state index contributed by atoms with van der Waals surface area (Å²) in [5, 5.41) is 14.0. The van der Waals surface area contributed by atoms with Crippen LogP contribution in [0.2, 0.25) is 0 Å². The van der Waals surface area contributed by atoms with Crippen molar-refractivity contribution in [2.24, 2.45) is 0 Å². The van der Waals surface area contributed by atoms with E-state index in [1.54, 1.807) is 19.1 Å². The van der Waals surface area contributed by atoms with Gasteiger partial charge in [0.05, 0.1) is 12.1 Å². The second-order valence-electron chi connectivity index (χ2n) is 5.33. The number of halogens is 1. The highest BCUT2D eigenvalue weighted by atomic mass is 19.1. The monoisotopic (exact) mass is 271 g/mol. The van der Waals surface area contributed by atoms with Crippen LogP contribution in [0, 0.1) is 12.7 Å². The summed E-state index contributed by atoms with van der Waals surface area (Å²) in [6, 6.07) is 12.8. The largest absolute Gasteiger partial charge is 0.386 e. The van der Waals surface area contributed by atoms with Crippen LogP contribution in [0.5, 0.6) is 0 Å². The van der Waals surface area contributed by atoms with Crippen molar-refractivity contribution >= 4 is 0 Å². The normalized spacial score (nSPS) is 19.4. The first-order valence-electron chi connectivity index (χ1n) is 6.92. The summed E-state index contributed by atoms with van der Waals surface area (Å²) in [5.74, 6) is -0.238. The molecule has 1 heterocycles. The number of nitrogens with one attached hydrogen (secondary N) is 1. The Hall–Kier alpha value is -1.71. The number of aliphatic hydroxyl groups is 1. The van der Waals surface area contributed by atoms with Crippen molar-refractivity contribution in [3.8, 4) is 0 Å². The predicted molar refractivity (Wildman–Crippen MR) is 77.0 cm³/mol. The Morgan fingerprint density at radius 1 is 1.25 bits per heavy atom. The maximum atomic E-state index is 13.3. The van der Waals surface area contributed by atoms with Crippen LogP contribution in [0.15, 0.2) is 42.5 Å². The second kappa shape index (κ2) is 5.35. The van der Waals surface area contributed by atoms with E-state index in [1.165, 1.54) is 11.6 Å². The van der Waals surface area contributed by atoms with Crippen molar-refractivity contribution < 1.29 is 9.50 Å². The maximum Gasteiger partial charge on any atom is 0.126 e. The van der Waals surface area contributed by atoms with Crippen molar-refractivity contribution in [3.05, 3.63) is 70.5 Å². The van der Waals surface area contributed by atoms with E-state index in [2.05, 4.69) is 11.4 Å². The van der Waals surface area contributed by atoms with Crippen molar-refractivity contribution in [1.29, 1.82) is 0 Å². The number of hydrogen-bond acceptors (Lipinski definition) is 2. The van der Waals surface area contributed by atoms with Crippen LogP contribution < -0.4 is 5.32 Å². The molecule has 0 saturated heterocycles. The van der Waals surface area contributed by atoms with Gasteiger partial charge in [0, 0.05) is 0 Å². The Balaban J connectivity index is 1.95. The highest BCUT2D eigenvalue weighted by Gasteiger charge is 2.27. The number of aryl methyl sites for hydroxylation is 1. The SMILES string of the molecule is Cc1cc(C(O)C2NCCc3ccccc32)ccc1F. The van der Waals surface area contributed by atoms with Crippen LogP contribution in [0.3, 0.4) is 0 Å². The van der Waals surface area contributed by atoms with Gasteiger partial charge in [0.2, 0.25) is 0 Å². The number of hydrogen-bond donors (Lipinski definition) is 2. The Kier molecular flexibility index (Phi) is 3.55. The van der Waals surface area contributed by atoms with E-state index >= 15 is 0 Å². The van der Waals surface area contributed by atoms with E-state index in [0.717, 1.165) is 24.1 Å². The van der Waals surface area contributed by atoms with Gasteiger partial charge in [-0.3, -0.25) is 0 Å². The lowest BCUT2D eigenvalue weighted by Gasteiger charge is -2.31. The zero-order chi connectivity index (χ0) is 14.1. The molecule has 104 valence electrons. The minimum Gasteiger partial charge on any atom is -0.386 e. The van der Waals surface area contributed by atoms with Crippen molar-refractivity contribution in [2.75, 3.05) is 6.54 Å². The average molecular weight is 271 g/mol. The molecule has 0 aliphatic carbocycles. The summed E-state index contributed by atoms with van der Waals surface area (Å²) in [6.45, 7) is 2.56. The molecule has 0 fully saturated rings. The van der Waals surface area contributed by atoms with E-state index in [9.17, 15) is 9.50 Å². The fourth-order valence-corrected chi connectivity index (χ4v) is 2.86. The smallest absolute Gasteiger partial charge is 0.126 e. The molecule has 3 heteroatoms. The maximum absolute atomic E-state index is 13.3. The lowest BCUT2D eigenvalue weighted by molar-refractivity contribution is 0.125. The van der Waals surface area contributed by atoms with Gasteiger partial charge in [0.15, 0.2) is 0 Å². The Labute approximate surface area is 118 Å². The second-order valence-corrected chi connectivity index (χ2v) is 5.33. The van der Waals surface area contributed by atoms with Gasteiger partial charge in [-0.1, -0.05) is 36.4 Å². The van der Waals surface area contributed by atoms with Gasteiger partial charge in [-0.2, -0.15) is 0 Å². The highest BCUT2D eigenvalue weighted by Crippen LogP contribution is 2.33. The summed E-state index contributed by atoms with van der Waals surface area (Å²) in [7, 11) is 0. The molecule has 3 rings (SSSR count). The third-order valence-corrected chi connectivity index (χ3v) is 3.99. The van der Waals surface area contributed by atoms with E-state index in [0.29, 0.717) is 5.56 Å². The molecule has 0 radical (unpaired) electrons. The summed E-state index contributed by atoms with van der Waals surface area (Å²) in [6.07, 6.45) is 0.303. The van der Waals surface area contributed by atoms with Crippen LogP contribution in [0.1, 0.15) is 34.4 Å². The van der Waals surface area contributed by atoms with E-state index in [4.69, 9.17) is 0 Å². The minimum atomic E-state index is -0.671. The Morgan fingerprint density at radius 2 is 2.05 bits per heavy atom. The van der Waals surface area contributed by atoms with Crippen LogP contribution in [0.4, 0.5) is 4.39 Å². The van der Waals surface area contributed by atoms with Crippen LogP contribution in [-0.4, -0.2) is 11.7 Å². The summed E-state index contributed by atoms with van der Waals surface area (Å²) < 4.78 is 13.3. The van der Waals surface area contributed by atoms with E-state index in [-0.39, 0.29) is 11.9 Å². The minimum absolute atomic E-state index is 0.134. The van der Waals surface area contributed by atoms with Crippen LogP contribution in [0.25, 0.3) is 0 Å². The molecule has 0 aromatic heterocycles. The molecule has 1 aliphatic rings. The van der Waals surface area contributed by atoms with Crippen molar-refractivity contribution in [3.63, 3.8) is 0 Å². The quantitative estimate of drug-likeness (QED) is 0.880. The lowest BCUT2D eigenvalue weighted by Crippen LogP contribution is -2.33. The number of rotatable bonds is 2. The molecular weight excluding hydrogens is 253 g/mol. The number of benzene rings is 2. The Morgan fingerprint density at radius 3 is 2.85 bits per heavy atom. The number of aliphatic hydroxyl groups excluding tert-OH is 1. The summed E-state index contributed by atoms with van der Waals surface area (Å²) in [4.78, 5) is 0. The van der Waals surface area contributed by atoms with E-state index in [1.807, 2.05) is 18.2 Å². The first-order chi connectivity index (χ1) is 9.66. The third-order valence-electron chi connectivity index (χ3n) is 3.99. The van der Waals surface area contributed by atoms with E-state index < -0.39 is 6.10 Å². The molecule has 2 atom stereocenters.